The molecule has 3 rings (SSSR count). The number of carbonyl (C=O) groups excluding carboxylic acids is 1. The van der Waals surface area contributed by atoms with Gasteiger partial charge in [0.15, 0.2) is 5.76 Å². The number of benzene rings is 2. The highest BCUT2D eigenvalue weighted by Crippen LogP contribution is 2.27. The van der Waals surface area contributed by atoms with Gasteiger partial charge in [0.1, 0.15) is 5.58 Å². The molecule has 0 saturated carbocycles. The van der Waals surface area contributed by atoms with Crippen LogP contribution in [0.1, 0.15) is 32.8 Å². The van der Waals surface area contributed by atoms with Crippen LogP contribution in [0.25, 0.3) is 11.0 Å². The lowest BCUT2D eigenvalue weighted by Gasteiger charge is -2.08. The Labute approximate surface area is 130 Å². The Balaban J connectivity index is 1.97. The molecule has 1 aromatic heterocycles. The fourth-order valence-electron chi connectivity index (χ4n) is 2.68. The molecule has 1 amide bonds. The summed E-state index contributed by atoms with van der Waals surface area (Å²) in [5.41, 5.74) is 5.79. The van der Waals surface area contributed by atoms with Gasteiger partial charge in [-0.05, 0) is 51.5 Å². The van der Waals surface area contributed by atoms with Crippen molar-refractivity contribution in [3.63, 3.8) is 0 Å². The number of carbonyl (C=O) groups is 1. The lowest BCUT2D eigenvalue weighted by molar-refractivity contribution is 0.0998. The maximum atomic E-state index is 12.5. The van der Waals surface area contributed by atoms with E-state index in [1.165, 1.54) is 5.56 Å². The largest absolute Gasteiger partial charge is 0.451 e. The molecule has 3 aromatic rings. The molecule has 0 radical (unpaired) electrons. The molecule has 0 atom stereocenters. The third-order valence-corrected chi connectivity index (χ3v) is 3.93. The van der Waals surface area contributed by atoms with Gasteiger partial charge in [0, 0.05) is 16.6 Å². The van der Waals surface area contributed by atoms with Crippen LogP contribution >= 0.6 is 0 Å². The van der Waals surface area contributed by atoms with Crippen molar-refractivity contribution in [1.29, 1.82) is 0 Å². The zero-order valence-corrected chi connectivity index (χ0v) is 13.3. The van der Waals surface area contributed by atoms with E-state index in [2.05, 4.69) is 5.32 Å². The Hall–Kier alpha value is -2.55. The van der Waals surface area contributed by atoms with Gasteiger partial charge in [-0.3, -0.25) is 4.79 Å². The summed E-state index contributed by atoms with van der Waals surface area (Å²) in [5.74, 6) is 0.166. The summed E-state index contributed by atoms with van der Waals surface area (Å²) in [4.78, 5) is 12.5. The van der Waals surface area contributed by atoms with Crippen molar-refractivity contribution in [2.24, 2.45) is 0 Å². The van der Waals surface area contributed by atoms with Crippen molar-refractivity contribution in [2.45, 2.75) is 27.7 Å². The maximum Gasteiger partial charge on any atom is 0.291 e. The van der Waals surface area contributed by atoms with Gasteiger partial charge in [-0.25, -0.2) is 0 Å². The number of amides is 1. The highest BCUT2D eigenvalue weighted by molar-refractivity contribution is 6.06. The molecule has 3 heteroatoms. The van der Waals surface area contributed by atoms with Crippen LogP contribution in [0, 0.1) is 27.7 Å². The van der Waals surface area contributed by atoms with Crippen LogP contribution in [0.5, 0.6) is 0 Å². The second-order valence-corrected chi connectivity index (χ2v) is 5.83. The van der Waals surface area contributed by atoms with Crippen LogP contribution in [0.2, 0.25) is 0 Å². The summed E-state index contributed by atoms with van der Waals surface area (Å²) in [7, 11) is 0. The molecule has 0 fully saturated rings. The molecule has 0 aliphatic heterocycles. The van der Waals surface area contributed by atoms with Gasteiger partial charge in [-0.2, -0.15) is 0 Å². The molecule has 1 N–H and O–H groups in total. The minimum absolute atomic E-state index is 0.210. The predicted molar refractivity (Wildman–Crippen MR) is 89.6 cm³/mol. The first-order chi connectivity index (χ1) is 10.5. The molecule has 0 saturated heterocycles. The van der Waals surface area contributed by atoms with Crippen molar-refractivity contribution in [3.8, 4) is 0 Å². The first-order valence-corrected chi connectivity index (χ1v) is 7.34. The van der Waals surface area contributed by atoms with Crippen LogP contribution in [-0.2, 0) is 0 Å². The summed E-state index contributed by atoms with van der Waals surface area (Å²) in [6.07, 6.45) is 0. The Morgan fingerprint density at radius 1 is 0.955 bits per heavy atom. The van der Waals surface area contributed by atoms with E-state index in [1.807, 2.05) is 64.1 Å². The third kappa shape index (κ3) is 2.50. The highest BCUT2D eigenvalue weighted by Gasteiger charge is 2.18. The SMILES string of the molecule is Cc1ccc(NC(=O)c2oc3ccc(C)cc3c2C)c(C)c1. The van der Waals surface area contributed by atoms with Gasteiger partial charge in [0.05, 0.1) is 0 Å². The lowest BCUT2D eigenvalue weighted by atomic mass is 10.1. The average Bonchev–Trinajstić information content (AvgIpc) is 2.79. The monoisotopic (exact) mass is 293 g/mol. The highest BCUT2D eigenvalue weighted by atomic mass is 16.3. The number of nitrogens with one attached hydrogen (secondary N) is 1. The minimum Gasteiger partial charge on any atom is -0.451 e. The van der Waals surface area contributed by atoms with Crippen molar-refractivity contribution in [1.82, 2.24) is 0 Å². The van der Waals surface area contributed by atoms with E-state index >= 15 is 0 Å². The molecule has 0 aliphatic carbocycles. The zero-order chi connectivity index (χ0) is 15.9. The number of hydrogen-bond donors (Lipinski definition) is 1. The Bertz CT molecular complexity index is 875. The van der Waals surface area contributed by atoms with Crippen molar-refractivity contribution in [2.75, 3.05) is 5.32 Å². The number of hydrogen-bond acceptors (Lipinski definition) is 2. The van der Waals surface area contributed by atoms with E-state index in [4.69, 9.17) is 4.42 Å². The molecular weight excluding hydrogens is 274 g/mol. The van der Waals surface area contributed by atoms with Gasteiger partial charge >= 0.3 is 0 Å². The summed E-state index contributed by atoms with van der Waals surface area (Å²) >= 11 is 0. The van der Waals surface area contributed by atoms with E-state index in [-0.39, 0.29) is 5.91 Å². The van der Waals surface area contributed by atoms with E-state index < -0.39 is 0 Å². The molecule has 0 bridgehead atoms. The lowest BCUT2D eigenvalue weighted by Crippen LogP contribution is -2.13. The van der Waals surface area contributed by atoms with Gasteiger partial charge in [-0.15, -0.1) is 0 Å². The average molecular weight is 293 g/mol. The molecule has 2 aromatic carbocycles. The molecule has 22 heavy (non-hydrogen) atoms. The van der Waals surface area contributed by atoms with Crippen molar-refractivity contribution < 1.29 is 9.21 Å². The standard InChI is InChI=1S/C19H19NO2/c1-11-5-7-16(13(3)9-11)20-19(21)18-14(4)15-10-12(2)6-8-17(15)22-18/h5-10H,1-4H3,(H,20,21). The second-order valence-electron chi connectivity index (χ2n) is 5.83. The summed E-state index contributed by atoms with van der Waals surface area (Å²) in [5, 5.41) is 3.93. The van der Waals surface area contributed by atoms with Gasteiger partial charge in [0.25, 0.3) is 5.91 Å². The summed E-state index contributed by atoms with van der Waals surface area (Å²) in [6, 6.07) is 11.9. The first kappa shape index (κ1) is 14.4. The Kier molecular flexibility index (Phi) is 3.49. The van der Waals surface area contributed by atoms with E-state index in [1.54, 1.807) is 0 Å². The molecule has 0 unspecified atom stereocenters. The number of aryl methyl sites for hydroxylation is 4. The van der Waals surface area contributed by atoms with Crippen molar-refractivity contribution >= 4 is 22.6 Å². The molecule has 112 valence electrons. The molecule has 3 nitrogen and oxygen atoms in total. The molecule has 0 aliphatic rings. The topological polar surface area (TPSA) is 42.2 Å². The number of fused-ring (bicyclic) bond motifs is 1. The first-order valence-electron chi connectivity index (χ1n) is 7.34. The number of furan rings is 1. The summed E-state index contributed by atoms with van der Waals surface area (Å²) < 4.78 is 5.74. The van der Waals surface area contributed by atoms with Gasteiger partial charge in [0.2, 0.25) is 0 Å². The fraction of sp³-hybridized carbons (Fsp3) is 0.211. The third-order valence-electron chi connectivity index (χ3n) is 3.93. The van der Waals surface area contributed by atoms with E-state index in [0.29, 0.717) is 5.76 Å². The van der Waals surface area contributed by atoms with Gasteiger partial charge < -0.3 is 9.73 Å². The van der Waals surface area contributed by atoms with E-state index in [0.717, 1.165) is 33.3 Å². The van der Waals surface area contributed by atoms with E-state index in [9.17, 15) is 4.79 Å². The van der Waals surface area contributed by atoms with Crippen LogP contribution in [-0.4, -0.2) is 5.91 Å². The van der Waals surface area contributed by atoms with Crippen LogP contribution in [0.4, 0.5) is 5.69 Å². The number of rotatable bonds is 2. The molecule has 0 spiro atoms. The van der Waals surface area contributed by atoms with Crippen LogP contribution in [0.3, 0.4) is 0 Å². The minimum atomic E-state index is -0.210. The van der Waals surface area contributed by atoms with Crippen LogP contribution < -0.4 is 5.32 Å². The second kappa shape index (κ2) is 5.34. The quantitative estimate of drug-likeness (QED) is 0.728. The fourth-order valence-corrected chi connectivity index (χ4v) is 2.68. The van der Waals surface area contributed by atoms with Crippen molar-refractivity contribution in [3.05, 3.63) is 64.4 Å². The smallest absolute Gasteiger partial charge is 0.291 e. The normalized spacial score (nSPS) is 10.9. The van der Waals surface area contributed by atoms with Crippen LogP contribution in [0.15, 0.2) is 40.8 Å². The maximum absolute atomic E-state index is 12.5. The molecular formula is C19H19NO2. The predicted octanol–water partition coefficient (Wildman–Crippen LogP) is 4.92. The Morgan fingerprint density at radius 3 is 2.36 bits per heavy atom. The van der Waals surface area contributed by atoms with Gasteiger partial charge in [-0.1, -0.05) is 29.3 Å². The summed E-state index contributed by atoms with van der Waals surface area (Å²) in [6.45, 7) is 7.96. The number of anilines is 1. The zero-order valence-electron chi connectivity index (χ0n) is 13.3. The molecule has 1 heterocycles. The Morgan fingerprint density at radius 2 is 1.64 bits per heavy atom.